The van der Waals surface area contributed by atoms with Crippen LogP contribution in [0, 0.1) is 0 Å². The number of hydrogen-bond donors (Lipinski definition) is 1. The predicted octanol–water partition coefficient (Wildman–Crippen LogP) is 4.23. The van der Waals surface area contributed by atoms with Crippen LogP contribution in [-0.2, 0) is 9.53 Å². The van der Waals surface area contributed by atoms with Gasteiger partial charge in [0.25, 0.3) is 0 Å². The third-order valence-electron chi connectivity index (χ3n) is 2.51. The van der Waals surface area contributed by atoms with Crippen molar-refractivity contribution in [3.05, 3.63) is 51.1 Å². The van der Waals surface area contributed by atoms with Crippen LogP contribution in [0.4, 0.5) is 5.69 Å². The Morgan fingerprint density at radius 2 is 2.11 bits per heavy atom. The van der Waals surface area contributed by atoms with E-state index in [9.17, 15) is 4.79 Å². The molecule has 0 aliphatic heterocycles. The molecule has 1 heterocycles. The zero-order chi connectivity index (χ0) is 13.7. The number of rotatable bonds is 5. The lowest BCUT2D eigenvalue weighted by molar-refractivity contribution is -0.144. The van der Waals surface area contributed by atoms with Crippen molar-refractivity contribution in [3.8, 4) is 0 Å². The molecule has 0 amide bonds. The highest BCUT2D eigenvalue weighted by atomic mass is 79.9. The molecular formula is C14H14BrNO2S. The van der Waals surface area contributed by atoms with E-state index in [1.54, 1.807) is 0 Å². The van der Waals surface area contributed by atoms with Crippen molar-refractivity contribution < 1.29 is 9.53 Å². The Morgan fingerprint density at radius 3 is 2.68 bits per heavy atom. The van der Waals surface area contributed by atoms with Gasteiger partial charge in [-0.1, -0.05) is 22.0 Å². The van der Waals surface area contributed by atoms with Crippen LogP contribution in [-0.4, -0.2) is 12.6 Å². The number of carbonyl (C=O) groups is 1. The van der Waals surface area contributed by atoms with Gasteiger partial charge in [0.15, 0.2) is 6.04 Å². The van der Waals surface area contributed by atoms with Crippen molar-refractivity contribution in [2.45, 2.75) is 13.0 Å². The van der Waals surface area contributed by atoms with Gasteiger partial charge in [0.2, 0.25) is 0 Å². The Kier molecular flexibility index (Phi) is 4.99. The van der Waals surface area contributed by atoms with Gasteiger partial charge in [-0.05, 0) is 42.6 Å². The van der Waals surface area contributed by atoms with Gasteiger partial charge in [0, 0.05) is 15.0 Å². The second-order valence-corrected chi connectivity index (χ2v) is 5.75. The summed E-state index contributed by atoms with van der Waals surface area (Å²) in [7, 11) is 0. The molecule has 0 spiro atoms. The third kappa shape index (κ3) is 3.81. The molecule has 2 aromatic rings. The monoisotopic (exact) mass is 339 g/mol. The zero-order valence-corrected chi connectivity index (χ0v) is 12.8. The largest absolute Gasteiger partial charge is 0.464 e. The van der Waals surface area contributed by atoms with Gasteiger partial charge in [-0.3, -0.25) is 0 Å². The topological polar surface area (TPSA) is 38.3 Å². The summed E-state index contributed by atoms with van der Waals surface area (Å²) >= 11 is 4.92. The summed E-state index contributed by atoms with van der Waals surface area (Å²) in [6, 6.07) is 11.1. The molecule has 5 heteroatoms. The predicted molar refractivity (Wildman–Crippen MR) is 81.5 cm³/mol. The number of ether oxygens (including phenoxy) is 1. The quantitative estimate of drug-likeness (QED) is 0.828. The molecule has 0 radical (unpaired) electrons. The van der Waals surface area contributed by atoms with E-state index >= 15 is 0 Å². The van der Waals surface area contributed by atoms with E-state index in [2.05, 4.69) is 21.2 Å². The van der Waals surface area contributed by atoms with Gasteiger partial charge < -0.3 is 10.1 Å². The van der Waals surface area contributed by atoms with Crippen LogP contribution in [0.3, 0.4) is 0 Å². The van der Waals surface area contributed by atoms with Gasteiger partial charge in [0.1, 0.15) is 0 Å². The van der Waals surface area contributed by atoms with E-state index < -0.39 is 6.04 Å². The molecule has 1 N–H and O–H groups in total. The molecule has 1 atom stereocenters. The number of hydrogen-bond acceptors (Lipinski definition) is 4. The average molecular weight is 340 g/mol. The van der Waals surface area contributed by atoms with Crippen LogP contribution in [0.1, 0.15) is 17.8 Å². The first-order valence-corrected chi connectivity index (χ1v) is 7.60. The first kappa shape index (κ1) is 14.1. The van der Waals surface area contributed by atoms with Gasteiger partial charge in [-0.2, -0.15) is 0 Å². The fourth-order valence-electron chi connectivity index (χ4n) is 1.64. The van der Waals surface area contributed by atoms with Gasteiger partial charge in [0.05, 0.1) is 6.61 Å². The summed E-state index contributed by atoms with van der Waals surface area (Å²) in [6.45, 7) is 2.19. The third-order valence-corrected chi connectivity index (χ3v) is 3.97. The van der Waals surface area contributed by atoms with E-state index in [-0.39, 0.29) is 5.97 Å². The van der Waals surface area contributed by atoms with Crippen molar-refractivity contribution >= 4 is 38.9 Å². The van der Waals surface area contributed by atoms with Crippen molar-refractivity contribution in [3.63, 3.8) is 0 Å². The zero-order valence-electron chi connectivity index (χ0n) is 10.4. The van der Waals surface area contributed by atoms with Crippen LogP contribution in [0.15, 0.2) is 46.3 Å². The fourth-order valence-corrected chi connectivity index (χ4v) is 2.67. The van der Waals surface area contributed by atoms with Crippen LogP contribution < -0.4 is 5.32 Å². The number of thiophene rings is 1. The molecule has 100 valence electrons. The van der Waals surface area contributed by atoms with Crippen molar-refractivity contribution in [1.29, 1.82) is 0 Å². The van der Waals surface area contributed by atoms with Gasteiger partial charge in [-0.15, -0.1) is 11.3 Å². The second kappa shape index (κ2) is 6.73. The number of benzene rings is 1. The molecular weight excluding hydrogens is 326 g/mol. The molecule has 1 aromatic carbocycles. The number of anilines is 1. The summed E-state index contributed by atoms with van der Waals surface area (Å²) < 4.78 is 6.12. The molecule has 0 fully saturated rings. The van der Waals surface area contributed by atoms with E-state index in [0.717, 1.165) is 15.0 Å². The standard InChI is InChI=1S/C14H14BrNO2S/c1-2-18-14(17)13(12-4-3-9-19-12)16-11-7-5-10(15)6-8-11/h3-9,13,16H,2H2,1H3. The Bertz CT molecular complexity index is 525. The maximum atomic E-state index is 12.0. The summed E-state index contributed by atoms with van der Waals surface area (Å²) in [5, 5.41) is 5.16. The Hall–Kier alpha value is -1.33. The first-order valence-electron chi connectivity index (χ1n) is 5.93. The molecule has 2 rings (SSSR count). The van der Waals surface area contributed by atoms with Gasteiger partial charge >= 0.3 is 5.97 Å². The molecule has 1 aromatic heterocycles. The van der Waals surface area contributed by atoms with Crippen molar-refractivity contribution in [2.24, 2.45) is 0 Å². The van der Waals surface area contributed by atoms with Crippen molar-refractivity contribution in [2.75, 3.05) is 11.9 Å². The highest BCUT2D eigenvalue weighted by molar-refractivity contribution is 9.10. The summed E-state index contributed by atoms with van der Waals surface area (Å²) in [4.78, 5) is 13.0. The molecule has 0 bridgehead atoms. The van der Waals surface area contributed by atoms with Crippen LogP contribution in [0.5, 0.6) is 0 Å². The summed E-state index contributed by atoms with van der Waals surface area (Å²) in [5.74, 6) is -0.257. The maximum absolute atomic E-state index is 12.0. The van der Waals surface area contributed by atoms with Crippen molar-refractivity contribution in [1.82, 2.24) is 0 Å². The molecule has 3 nitrogen and oxygen atoms in total. The van der Waals surface area contributed by atoms with Crippen LogP contribution in [0.2, 0.25) is 0 Å². The molecule has 0 saturated carbocycles. The molecule has 19 heavy (non-hydrogen) atoms. The lowest BCUT2D eigenvalue weighted by Gasteiger charge is -2.17. The number of carbonyl (C=O) groups excluding carboxylic acids is 1. The first-order chi connectivity index (χ1) is 9.20. The lowest BCUT2D eigenvalue weighted by atomic mass is 10.2. The molecule has 0 aliphatic carbocycles. The molecule has 0 saturated heterocycles. The fraction of sp³-hybridized carbons (Fsp3) is 0.214. The minimum Gasteiger partial charge on any atom is -0.464 e. The Labute approximate surface area is 124 Å². The normalized spacial score (nSPS) is 11.9. The van der Waals surface area contributed by atoms with Crippen LogP contribution >= 0.6 is 27.3 Å². The van der Waals surface area contributed by atoms with Gasteiger partial charge in [-0.25, -0.2) is 4.79 Å². The lowest BCUT2D eigenvalue weighted by Crippen LogP contribution is -2.22. The maximum Gasteiger partial charge on any atom is 0.334 e. The van der Waals surface area contributed by atoms with E-state index in [0.29, 0.717) is 6.61 Å². The Morgan fingerprint density at radius 1 is 1.37 bits per heavy atom. The molecule has 0 aliphatic rings. The van der Waals surface area contributed by atoms with E-state index in [1.807, 2.05) is 48.7 Å². The Balaban J connectivity index is 2.18. The molecule has 1 unspecified atom stereocenters. The SMILES string of the molecule is CCOC(=O)C(Nc1ccc(Br)cc1)c1cccs1. The highest BCUT2D eigenvalue weighted by Crippen LogP contribution is 2.25. The summed E-state index contributed by atoms with van der Waals surface area (Å²) in [5.41, 5.74) is 0.884. The summed E-state index contributed by atoms with van der Waals surface area (Å²) in [6.07, 6.45) is 0. The number of halogens is 1. The minimum atomic E-state index is -0.457. The van der Waals surface area contributed by atoms with E-state index in [1.165, 1.54) is 11.3 Å². The second-order valence-electron chi connectivity index (χ2n) is 3.85. The number of nitrogens with one attached hydrogen (secondary N) is 1. The minimum absolute atomic E-state index is 0.257. The smallest absolute Gasteiger partial charge is 0.334 e. The van der Waals surface area contributed by atoms with E-state index in [4.69, 9.17) is 4.74 Å². The average Bonchev–Trinajstić information content (AvgIpc) is 2.92. The highest BCUT2D eigenvalue weighted by Gasteiger charge is 2.22. The van der Waals surface area contributed by atoms with Crippen LogP contribution in [0.25, 0.3) is 0 Å². The number of esters is 1.